The lowest BCUT2D eigenvalue weighted by atomic mass is 9.91. The molecule has 3 fully saturated rings. The van der Waals surface area contributed by atoms with Crippen LogP contribution in [0.1, 0.15) is 25.7 Å². The van der Waals surface area contributed by atoms with Crippen molar-refractivity contribution in [3.63, 3.8) is 0 Å². The summed E-state index contributed by atoms with van der Waals surface area (Å²) >= 11 is 0. The third-order valence-corrected chi connectivity index (χ3v) is 4.86. The van der Waals surface area contributed by atoms with Crippen LogP contribution in [0.4, 0.5) is 0 Å². The highest BCUT2D eigenvalue weighted by atomic mass is 35.5. The largest absolute Gasteiger partial charge is 0.381 e. The Balaban J connectivity index is 0.00000120. The van der Waals surface area contributed by atoms with Crippen LogP contribution in [0.25, 0.3) is 0 Å². The first-order valence-electron chi connectivity index (χ1n) is 7.42. The maximum atomic E-state index is 5.53. The van der Waals surface area contributed by atoms with Gasteiger partial charge in [0.1, 0.15) is 0 Å². The summed E-state index contributed by atoms with van der Waals surface area (Å²) in [6.45, 7) is 8.52. The van der Waals surface area contributed by atoms with E-state index in [1.807, 2.05) is 0 Å². The first kappa shape index (κ1) is 14.6. The molecule has 3 unspecified atom stereocenters. The number of rotatable bonds is 3. The van der Waals surface area contributed by atoms with Crippen molar-refractivity contribution >= 4 is 12.4 Å². The zero-order valence-corrected chi connectivity index (χ0v) is 12.1. The summed E-state index contributed by atoms with van der Waals surface area (Å²) in [4.78, 5) is 2.71. The lowest BCUT2D eigenvalue weighted by Gasteiger charge is -2.27. The molecule has 0 spiro atoms. The molecule has 0 aromatic carbocycles. The molecule has 18 heavy (non-hydrogen) atoms. The summed E-state index contributed by atoms with van der Waals surface area (Å²) < 4.78 is 5.53. The van der Waals surface area contributed by atoms with Gasteiger partial charge in [0.05, 0.1) is 0 Å². The Kier molecular flexibility index (Phi) is 5.74. The van der Waals surface area contributed by atoms with Crippen LogP contribution in [-0.4, -0.2) is 50.8 Å². The Morgan fingerprint density at radius 3 is 2.83 bits per heavy atom. The zero-order valence-electron chi connectivity index (χ0n) is 11.3. The van der Waals surface area contributed by atoms with Gasteiger partial charge in [-0.25, -0.2) is 0 Å². The third kappa shape index (κ3) is 3.60. The van der Waals surface area contributed by atoms with Crippen molar-refractivity contribution in [2.75, 3.05) is 45.9 Å². The molecule has 3 saturated heterocycles. The molecule has 3 aliphatic rings. The first-order chi connectivity index (χ1) is 8.42. The second-order valence-electron chi connectivity index (χ2n) is 6.14. The lowest BCUT2D eigenvalue weighted by molar-refractivity contribution is 0.169. The number of ether oxygens (including phenoxy) is 1. The molecule has 3 nitrogen and oxygen atoms in total. The molecule has 0 amide bonds. The molecule has 0 bridgehead atoms. The molecular formula is C14H27ClN2O. The summed E-state index contributed by atoms with van der Waals surface area (Å²) in [5.74, 6) is 2.70. The predicted octanol–water partition coefficient (Wildman–Crippen LogP) is 1.77. The van der Waals surface area contributed by atoms with Crippen molar-refractivity contribution in [3.8, 4) is 0 Å². The van der Waals surface area contributed by atoms with Gasteiger partial charge < -0.3 is 15.0 Å². The van der Waals surface area contributed by atoms with E-state index in [0.29, 0.717) is 0 Å². The normalized spacial score (nSPS) is 37.7. The molecule has 0 aliphatic carbocycles. The smallest absolute Gasteiger partial charge is 0.0498 e. The average Bonchev–Trinajstić information content (AvgIpc) is 3.00. The lowest BCUT2D eigenvalue weighted by Crippen LogP contribution is -2.37. The Morgan fingerprint density at radius 1 is 1.17 bits per heavy atom. The Labute approximate surface area is 117 Å². The molecule has 3 rings (SSSR count). The van der Waals surface area contributed by atoms with Crippen LogP contribution in [0.5, 0.6) is 0 Å². The second-order valence-corrected chi connectivity index (χ2v) is 6.14. The van der Waals surface area contributed by atoms with E-state index in [2.05, 4.69) is 10.2 Å². The van der Waals surface area contributed by atoms with E-state index in [4.69, 9.17) is 4.74 Å². The van der Waals surface area contributed by atoms with E-state index in [0.717, 1.165) is 31.0 Å². The van der Waals surface area contributed by atoms with E-state index in [-0.39, 0.29) is 12.4 Å². The van der Waals surface area contributed by atoms with Gasteiger partial charge in [-0.05, 0) is 63.1 Å². The highest BCUT2D eigenvalue weighted by molar-refractivity contribution is 5.85. The Bertz CT molecular complexity index is 240. The van der Waals surface area contributed by atoms with Crippen LogP contribution in [0.3, 0.4) is 0 Å². The molecule has 0 aromatic rings. The van der Waals surface area contributed by atoms with Crippen molar-refractivity contribution in [2.24, 2.45) is 17.8 Å². The fourth-order valence-electron chi connectivity index (χ4n) is 3.78. The van der Waals surface area contributed by atoms with E-state index >= 15 is 0 Å². The third-order valence-electron chi connectivity index (χ3n) is 4.86. The minimum atomic E-state index is 0. The molecule has 106 valence electrons. The fourth-order valence-corrected chi connectivity index (χ4v) is 3.78. The maximum absolute atomic E-state index is 5.53. The van der Waals surface area contributed by atoms with Crippen molar-refractivity contribution in [3.05, 3.63) is 0 Å². The molecule has 0 radical (unpaired) electrons. The van der Waals surface area contributed by atoms with Crippen molar-refractivity contribution in [1.82, 2.24) is 10.2 Å². The molecule has 1 N–H and O–H groups in total. The van der Waals surface area contributed by atoms with Gasteiger partial charge in [-0.3, -0.25) is 0 Å². The topological polar surface area (TPSA) is 24.5 Å². The molecule has 4 heteroatoms. The van der Waals surface area contributed by atoms with Gasteiger partial charge in [0.25, 0.3) is 0 Å². The maximum Gasteiger partial charge on any atom is 0.0498 e. The van der Waals surface area contributed by atoms with E-state index < -0.39 is 0 Å². The molecule has 3 heterocycles. The van der Waals surface area contributed by atoms with E-state index in [9.17, 15) is 0 Å². The van der Waals surface area contributed by atoms with Crippen molar-refractivity contribution in [1.29, 1.82) is 0 Å². The van der Waals surface area contributed by atoms with Crippen LogP contribution in [0, 0.1) is 17.8 Å². The minimum Gasteiger partial charge on any atom is -0.381 e. The van der Waals surface area contributed by atoms with E-state index in [1.165, 1.54) is 58.4 Å². The fraction of sp³-hybridized carbons (Fsp3) is 1.00. The summed E-state index contributed by atoms with van der Waals surface area (Å²) in [5.41, 5.74) is 0. The summed E-state index contributed by atoms with van der Waals surface area (Å²) in [7, 11) is 0. The monoisotopic (exact) mass is 274 g/mol. The van der Waals surface area contributed by atoms with Crippen LogP contribution in [-0.2, 0) is 4.74 Å². The highest BCUT2D eigenvalue weighted by Gasteiger charge is 2.32. The number of halogens is 1. The van der Waals surface area contributed by atoms with Gasteiger partial charge in [0.15, 0.2) is 0 Å². The summed E-state index contributed by atoms with van der Waals surface area (Å²) in [5, 5.41) is 3.53. The summed E-state index contributed by atoms with van der Waals surface area (Å²) in [6, 6.07) is 0. The molecule has 3 atom stereocenters. The van der Waals surface area contributed by atoms with Crippen LogP contribution >= 0.6 is 12.4 Å². The van der Waals surface area contributed by atoms with E-state index in [1.54, 1.807) is 0 Å². The van der Waals surface area contributed by atoms with Crippen LogP contribution in [0.2, 0.25) is 0 Å². The Hall–Kier alpha value is 0.170. The highest BCUT2D eigenvalue weighted by Crippen LogP contribution is 2.30. The molecule has 0 aromatic heterocycles. The average molecular weight is 275 g/mol. The number of nitrogens with zero attached hydrogens (tertiary/aromatic N) is 1. The van der Waals surface area contributed by atoms with Gasteiger partial charge in [-0.1, -0.05) is 0 Å². The van der Waals surface area contributed by atoms with Gasteiger partial charge in [-0.2, -0.15) is 0 Å². The number of hydrogen-bond donors (Lipinski definition) is 1. The van der Waals surface area contributed by atoms with Crippen LogP contribution < -0.4 is 5.32 Å². The zero-order chi connectivity index (χ0) is 11.5. The standard InChI is InChI=1S/C14H26N2O.ClH/c1-2-12(8-15-5-1)9-16-6-3-13(10-16)14-4-7-17-11-14;/h12-15H,1-11H2;1H. The summed E-state index contributed by atoms with van der Waals surface area (Å²) in [6.07, 6.45) is 5.52. The minimum absolute atomic E-state index is 0. The van der Waals surface area contributed by atoms with Gasteiger partial charge in [-0.15, -0.1) is 12.4 Å². The quantitative estimate of drug-likeness (QED) is 0.849. The van der Waals surface area contributed by atoms with Crippen LogP contribution in [0.15, 0.2) is 0 Å². The number of hydrogen-bond acceptors (Lipinski definition) is 3. The first-order valence-corrected chi connectivity index (χ1v) is 7.42. The number of likely N-dealkylation sites (tertiary alicyclic amines) is 1. The Morgan fingerprint density at radius 2 is 2.11 bits per heavy atom. The number of nitrogens with one attached hydrogen (secondary N) is 1. The molecule has 0 saturated carbocycles. The second kappa shape index (κ2) is 7.09. The predicted molar refractivity (Wildman–Crippen MR) is 76.3 cm³/mol. The van der Waals surface area contributed by atoms with Gasteiger partial charge in [0.2, 0.25) is 0 Å². The SMILES string of the molecule is C1CNCC(CN2CCC(C3CCOC3)C2)C1.Cl. The molecular weight excluding hydrogens is 248 g/mol. The number of piperidine rings is 1. The van der Waals surface area contributed by atoms with Crippen molar-refractivity contribution in [2.45, 2.75) is 25.7 Å². The molecule has 3 aliphatic heterocycles. The van der Waals surface area contributed by atoms with Crippen molar-refractivity contribution < 1.29 is 4.74 Å². The van der Waals surface area contributed by atoms with Gasteiger partial charge >= 0.3 is 0 Å². The van der Waals surface area contributed by atoms with Gasteiger partial charge in [0, 0.05) is 26.3 Å².